The first kappa shape index (κ1) is 11.7. The molecule has 72 valence electrons. The third-order valence-electron chi connectivity index (χ3n) is 2.02. The predicted octanol–water partition coefficient (Wildman–Crippen LogP) is 1.72. The van der Waals surface area contributed by atoms with Gasteiger partial charge >= 0.3 is 0 Å². The molecule has 2 atom stereocenters. The molecule has 0 unspecified atom stereocenters. The number of aliphatic hydroxyl groups excluding tert-OH is 2. The van der Waals surface area contributed by atoms with Gasteiger partial charge in [-0.3, -0.25) is 0 Å². The molecular weight excluding hydrogens is 152 g/mol. The summed E-state index contributed by atoms with van der Waals surface area (Å²) in [6.07, 6.45) is 3.52. The summed E-state index contributed by atoms with van der Waals surface area (Å²) in [7, 11) is 0. The standard InChI is InChI=1S/C10H20O2/c1-8(2)5-4-6-9(3)10(12)7-11/h5,9-12H,4,6-7H2,1-3H3/t9-,10+/m0/s1. The summed E-state index contributed by atoms with van der Waals surface area (Å²) in [6, 6.07) is 0. The molecule has 0 saturated carbocycles. The van der Waals surface area contributed by atoms with E-state index in [0.717, 1.165) is 12.8 Å². The highest BCUT2D eigenvalue weighted by atomic mass is 16.3. The van der Waals surface area contributed by atoms with Crippen molar-refractivity contribution in [1.82, 2.24) is 0 Å². The molecule has 0 bridgehead atoms. The maximum atomic E-state index is 9.22. The lowest BCUT2D eigenvalue weighted by molar-refractivity contribution is 0.0507. The van der Waals surface area contributed by atoms with Crippen molar-refractivity contribution in [3.05, 3.63) is 11.6 Å². The van der Waals surface area contributed by atoms with Gasteiger partial charge in [-0.05, 0) is 32.6 Å². The minimum atomic E-state index is -0.560. The van der Waals surface area contributed by atoms with Gasteiger partial charge in [0, 0.05) is 0 Å². The molecule has 12 heavy (non-hydrogen) atoms. The van der Waals surface area contributed by atoms with Crippen LogP contribution in [0, 0.1) is 5.92 Å². The zero-order chi connectivity index (χ0) is 9.56. The van der Waals surface area contributed by atoms with Crippen molar-refractivity contribution in [3.8, 4) is 0 Å². The lowest BCUT2D eigenvalue weighted by Gasteiger charge is -2.15. The Morgan fingerprint density at radius 3 is 2.42 bits per heavy atom. The van der Waals surface area contributed by atoms with Crippen LogP contribution >= 0.6 is 0 Å². The average molecular weight is 172 g/mol. The lowest BCUT2D eigenvalue weighted by atomic mass is 9.99. The first-order chi connectivity index (χ1) is 5.57. The summed E-state index contributed by atoms with van der Waals surface area (Å²) in [5.41, 5.74) is 1.31. The van der Waals surface area contributed by atoms with E-state index in [-0.39, 0.29) is 12.5 Å². The van der Waals surface area contributed by atoms with Crippen LogP contribution < -0.4 is 0 Å². The van der Waals surface area contributed by atoms with Crippen molar-refractivity contribution in [2.24, 2.45) is 5.92 Å². The van der Waals surface area contributed by atoms with Gasteiger partial charge < -0.3 is 10.2 Å². The van der Waals surface area contributed by atoms with Crippen molar-refractivity contribution in [3.63, 3.8) is 0 Å². The van der Waals surface area contributed by atoms with E-state index in [1.54, 1.807) is 0 Å². The fraction of sp³-hybridized carbons (Fsp3) is 0.800. The Labute approximate surface area is 74.9 Å². The Bertz CT molecular complexity index is 137. The molecule has 0 saturated heterocycles. The number of rotatable bonds is 5. The Balaban J connectivity index is 3.57. The molecule has 0 aromatic rings. The van der Waals surface area contributed by atoms with E-state index in [4.69, 9.17) is 5.11 Å². The smallest absolute Gasteiger partial charge is 0.0796 e. The third kappa shape index (κ3) is 5.33. The summed E-state index contributed by atoms with van der Waals surface area (Å²) < 4.78 is 0. The van der Waals surface area contributed by atoms with E-state index >= 15 is 0 Å². The largest absolute Gasteiger partial charge is 0.394 e. The molecule has 0 radical (unpaired) electrons. The van der Waals surface area contributed by atoms with E-state index in [9.17, 15) is 5.11 Å². The lowest BCUT2D eigenvalue weighted by Crippen LogP contribution is -2.21. The van der Waals surface area contributed by atoms with Gasteiger partial charge in [0.25, 0.3) is 0 Å². The molecule has 0 fully saturated rings. The molecule has 2 N–H and O–H groups in total. The summed E-state index contributed by atoms with van der Waals surface area (Å²) in [4.78, 5) is 0. The Morgan fingerprint density at radius 1 is 1.42 bits per heavy atom. The first-order valence-electron chi connectivity index (χ1n) is 4.50. The second-order valence-corrected chi connectivity index (χ2v) is 3.59. The minimum absolute atomic E-state index is 0.129. The van der Waals surface area contributed by atoms with E-state index in [1.165, 1.54) is 5.57 Å². The number of hydrogen-bond acceptors (Lipinski definition) is 2. The average Bonchev–Trinajstić information content (AvgIpc) is 2.02. The zero-order valence-electron chi connectivity index (χ0n) is 8.25. The second kappa shape index (κ2) is 6.21. The molecule has 0 aromatic heterocycles. The third-order valence-corrected chi connectivity index (χ3v) is 2.02. The Kier molecular flexibility index (Phi) is 6.03. The molecule has 2 nitrogen and oxygen atoms in total. The predicted molar refractivity (Wildman–Crippen MR) is 50.9 cm³/mol. The van der Waals surface area contributed by atoms with Crippen molar-refractivity contribution in [2.75, 3.05) is 6.61 Å². The first-order valence-corrected chi connectivity index (χ1v) is 4.50. The van der Waals surface area contributed by atoms with E-state index < -0.39 is 6.10 Å². The Morgan fingerprint density at radius 2 is 2.00 bits per heavy atom. The highest BCUT2D eigenvalue weighted by Gasteiger charge is 2.11. The maximum Gasteiger partial charge on any atom is 0.0796 e. The van der Waals surface area contributed by atoms with Crippen LogP contribution in [0.15, 0.2) is 11.6 Å². The molecule has 0 aliphatic heterocycles. The van der Waals surface area contributed by atoms with Gasteiger partial charge in [0.1, 0.15) is 0 Å². The van der Waals surface area contributed by atoms with Crippen molar-refractivity contribution in [2.45, 2.75) is 39.7 Å². The second-order valence-electron chi connectivity index (χ2n) is 3.59. The van der Waals surface area contributed by atoms with Gasteiger partial charge in [-0.25, -0.2) is 0 Å². The Hall–Kier alpha value is -0.340. The van der Waals surface area contributed by atoms with Crippen molar-refractivity contribution < 1.29 is 10.2 Å². The van der Waals surface area contributed by atoms with Gasteiger partial charge in [-0.1, -0.05) is 18.6 Å². The van der Waals surface area contributed by atoms with E-state index in [2.05, 4.69) is 19.9 Å². The van der Waals surface area contributed by atoms with Crippen LogP contribution in [0.4, 0.5) is 0 Å². The molecule has 0 aliphatic rings. The monoisotopic (exact) mass is 172 g/mol. The van der Waals surface area contributed by atoms with Crippen LogP contribution in [-0.2, 0) is 0 Å². The maximum absolute atomic E-state index is 9.22. The molecule has 0 spiro atoms. The molecule has 0 rings (SSSR count). The minimum Gasteiger partial charge on any atom is -0.394 e. The number of aliphatic hydroxyl groups is 2. The SMILES string of the molecule is CC(C)=CCC[C@H](C)[C@H](O)CO. The topological polar surface area (TPSA) is 40.5 Å². The van der Waals surface area contributed by atoms with Crippen LogP contribution in [0.1, 0.15) is 33.6 Å². The molecule has 0 amide bonds. The van der Waals surface area contributed by atoms with Gasteiger partial charge in [0.2, 0.25) is 0 Å². The molecule has 0 aromatic carbocycles. The van der Waals surface area contributed by atoms with Gasteiger partial charge in [0.15, 0.2) is 0 Å². The summed E-state index contributed by atoms with van der Waals surface area (Å²) >= 11 is 0. The van der Waals surface area contributed by atoms with Crippen LogP contribution in [0.3, 0.4) is 0 Å². The summed E-state index contributed by atoms with van der Waals surface area (Å²) in [6.45, 7) is 5.95. The number of allylic oxidation sites excluding steroid dienone is 2. The van der Waals surface area contributed by atoms with Crippen molar-refractivity contribution in [1.29, 1.82) is 0 Å². The van der Waals surface area contributed by atoms with Crippen LogP contribution in [0.2, 0.25) is 0 Å². The van der Waals surface area contributed by atoms with E-state index in [1.807, 2.05) is 6.92 Å². The van der Waals surface area contributed by atoms with Gasteiger partial charge in [0.05, 0.1) is 12.7 Å². The van der Waals surface area contributed by atoms with Crippen LogP contribution in [0.5, 0.6) is 0 Å². The molecule has 0 heterocycles. The number of hydrogen-bond donors (Lipinski definition) is 2. The summed E-state index contributed by atoms with van der Waals surface area (Å²) in [5, 5.41) is 17.9. The van der Waals surface area contributed by atoms with Crippen LogP contribution in [0.25, 0.3) is 0 Å². The van der Waals surface area contributed by atoms with Gasteiger partial charge in [-0.2, -0.15) is 0 Å². The summed E-state index contributed by atoms with van der Waals surface area (Å²) in [5.74, 6) is 0.186. The van der Waals surface area contributed by atoms with Crippen molar-refractivity contribution >= 4 is 0 Å². The molecule has 0 aliphatic carbocycles. The fourth-order valence-corrected chi connectivity index (χ4v) is 1.01. The van der Waals surface area contributed by atoms with Gasteiger partial charge in [-0.15, -0.1) is 0 Å². The van der Waals surface area contributed by atoms with Crippen LogP contribution in [-0.4, -0.2) is 22.9 Å². The fourth-order valence-electron chi connectivity index (χ4n) is 1.01. The normalized spacial score (nSPS) is 15.4. The quantitative estimate of drug-likeness (QED) is 0.620. The highest BCUT2D eigenvalue weighted by molar-refractivity contribution is 4.92. The molecular formula is C10H20O2. The highest BCUT2D eigenvalue weighted by Crippen LogP contribution is 2.11. The zero-order valence-corrected chi connectivity index (χ0v) is 8.25. The molecule has 2 heteroatoms. The van der Waals surface area contributed by atoms with E-state index in [0.29, 0.717) is 0 Å².